The second kappa shape index (κ2) is 11.5. The number of benzene rings is 2. The first-order valence-corrected chi connectivity index (χ1v) is 11.5. The molecule has 2 heterocycles. The second-order valence-electron chi connectivity index (χ2n) is 7.80. The van der Waals surface area contributed by atoms with Crippen molar-refractivity contribution in [3.63, 3.8) is 0 Å². The number of hydrogen-bond acceptors (Lipinski definition) is 5. The highest BCUT2D eigenvalue weighted by Gasteiger charge is 2.29. The number of ether oxygens (including phenoxy) is 1. The number of aromatic amines is 1. The van der Waals surface area contributed by atoms with E-state index in [4.69, 9.17) is 10.5 Å². The molecule has 1 aromatic heterocycles. The number of amides is 1. The fourth-order valence-electron chi connectivity index (χ4n) is 3.85. The minimum Gasteiger partial charge on any atom is -0.492 e. The lowest BCUT2D eigenvalue weighted by atomic mass is 9.99. The number of nitrogens with two attached hydrogens (primary N) is 1. The molecule has 3 aromatic rings. The molecule has 0 radical (unpaired) electrons. The molecule has 0 fully saturated rings. The van der Waals surface area contributed by atoms with Crippen LogP contribution in [0.15, 0.2) is 42.5 Å². The van der Waals surface area contributed by atoms with E-state index in [2.05, 4.69) is 29.0 Å². The number of H-pyrrole nitrogens is 1. The Labute approximate surface area is 199 Å². The number of anilines is 1. The molecule has 1 aliphatic rings. The van der Waals surface area contributed by atoms with Gasteiger partial charge in [0.05, 0.1) is 11.1 Å². The Morgan fingerprint density at radius 2 is 1.88 bits per heavy atom. The van der Waals surface area contributed by atoms with Crippen LogP contribution < -0.4 is 15.8 Å². The number of aromatic nitrogens is 1. The summed E-state index contributed by atoms with van der Waals surface area (Å²) < 4.78 is 5.90. The first-order chi connectivity index (χ1) is 16.4. The molecule has 0 aliphatic carbocycles. The number of hydrogen-bond donors (Lipinski definition) is 4. The van der Waals surface area contributed by atoms with Gasteiger partial charge in [-0.3, -0.25) is 4.79 Å². The Hall–Kier alpha value is -3.62. The fraction of sp³-hybridized carbons (Fsp3) is 0.308. The van der Waals surface area contributed by atoms with Gasteiger partial charge in [0, 0.05) is 34.4 Å². The van der Waals surface area contributed by atoms with Crippen molar-refractivity contribution in [2.24, 2.45) is 5.73 Å². The van der Waals surface area contributed by atoms with Crippen LogP contribution in [0.1, 0.15) is 42.4 Å². The summed E-state index contributed by atoms with van der Waals surface area (Å²) in [6.07, 6.45) is 1.69. The van der Waals surface area contributed by atoms with Crippen LogP contribution >= 0.6 is 0 Å². The van der Waals surface area contributed by atoms with Crippen LogP contribution in [0, 0.1) is 0 Å². The molecule has 1 amide bonds. The van der Waals surface area contributed by atoms with Gasteiger partial charge in [-0.1, -0.05) is 26.8 Å². The van der Waals surface area contributed by atoms with Gasteiger partial charge in [0.1, 0.15) is 12.4 Å². The number of fused-ring (bicyclic) bond motifs is 2. The third kappa shape index (κ3) is 5.65. The largest absolute Gasteiger partial charge is 0.492 e. The summed E-state index contributed by atoms with van der Waals surface area (Å²) in [6.45, 7) is 10.4. The van der Waals surface area contributed by atoms with Gasteiger partial charge >= 0.3 is 5.97 Å². The quantitative estimate of drug-likeness (QED) is 0.373. The zero-order valence-electron chi connectivity index (χ0n) is 19.9. The molecule has 2 aromatic carbocycles. The zero-order chi connectivity index (χ0) is 24.7. The van der Waals surface area contributed by atoms with Crippen LogP contribution in [-0.4, -0.2) is 59.7 Å². The van der Waals surface area contributed by atoms with E-state index in [-0.39, 0.29) is 11.5 Å². The summed E-state index contributed by atoms with van der Waals surface area (Å²) >= 11 is 0. The molecule has 180 valence electrons. The van der Waals surface area contributed by atoms with E-state index in [1.54, 1.807) is 18.2 Å². The van der Waals surface area contributed by atoms with Crippen molar-refractivity contribution in [3.8, 4) is 5.75 Å². The first-order valence-electron chi connectivity index (χ1n) is 11.5. The van der Waals surface area contributed by atoms with Crippen molar-refractivity contribution in [2.75, 3.05) is 38.1 Å². The second-order valence-corrected chi connectivity index (χ2v) is 7.80. The number of carboxylic acid groups (broad SMARTS) is 1. The Morgan fingerprint density at radius 3 is 2.56 bits per heavy atom. The number of nitrogens with one attached hydrogen (secondary N) is 2. The van der Waals surface area contributed by atoms with Crippen molar-refractivity contribution >= 4 is 40.1 Å². The molecule has 4 rings (SSSR count). The van der Waals surface area contributed by atoms with Crippen molar-refractivity contribution in [2.45, 2.75) is 20.8 Å². The van der Waals surface area contributed by atoms with Crippen molar-refractivity contribution in [3.05, 3.63) is 59.3 Å². The SMILES string of the molecule is CCN.CCN(CC)CCOc1ccc2[nH]c(/C=C3/C(=O)Nc4cccc(C(=O)O)c43)cc2c1. The normalized spacial score (nSPS) is 13.6. The molecule has 5 N–H and O–H groups in total. The minimum atomic E-state index is -1.07. The first kappa shape index (κ1) is 25.0. The lowest BCUT2D eigenvalue weighted by Crippen LogP contribution is -2.27. The molecule has 1 aliphatic heterocycles. The Kier molecular flexibility index (Phi) is 8.45. The maximum absolute atomic E-state index is 12.5. The van der Waals surface area contributed by atoms with Crippen LogP contribution in [0.4, 0.5) is 5.69 Å². The van der Waals surface area contributed by atoms with E-state index in [1.807, 2.05) is 31.2 Å². The molecule has 8 heteroatoms. The van der Waals surface area contributed by atoms with Crippen molar-refractivity contribution < 1.29 is 19.4 Å². The molecule has 0 spiro atoms. The molecule has 34 heavy (non-hydrogen) atoms. The van der Waals surface area contributed by atoms with E-state index in [0.717, 1.165) is 42.8 Å². The standard InChI is InChI=1S/C24H25N3O4.C2H7N/c1-3-27(4-2)10-11-31-17-8-9-20-15(13-17)12-16(25-20)14-19-22-18(24(29)30)6-5-7-21(22)26-23(19)28;1-2-3/h5-9,12-14,25H,3-4,10-11H2,1-2H3,(H,26,28)(H,29,30);2-3H2,1H3/b19-14+;. The predicted octanol–water partition coefficient (Wildman–Crippen LogP) is 4.04. The number of carbonyl (C=O) groups is 2. The third-order valence-electron chi connectivity index (χ3n) is 5.54. The molecule has 8 nitrogen and oxygen atoms in total. The lowest BCUT2D eigenvalue weighted by molar-refractivity contribution is -0.110. The minimum absolute atomic E-state index is 0.0992. The summed E-state index contributed by atoms with van der Waals surface area (Å²) in [4.78, 5) is 29.7. The highest BCUT2D eigenvalue weighted by molar-refractivity contribution is 6.36. The average molecular weight is 465 g/mol. The fourth-order valence-corrected chi connectivity index (χ4v) is 3.85. The van der Waals surface area contributed by atoms with Crippen molar-refractivity contribution in [1.82, 2.24) is 9.88 Å². The van der Waals surface area contributed by atoms with Gasteiger partial charge in [0.25, 0.3) is 5.91 Å². The van der Waals surface area contributed by atoms with E-state index >= 15 is 0 Å². The van der Waals surface area contributed by atoms with Gasteiger partial charge in [-0.15, -0.1) is 0 Å². The monoisotopic (exact) mass is 464 g/mol. The topological polar surface area (TPSA) is 121 Å². The summed E-state index contributed by atoms with van der Waals surface area (Å²) in [6, 6.07) is 12.6. The molecule has 0 unspecified atom stereocenters. The predicted molar refractivity (Wildman–Crippen MR) is 136 cm³/mol. The van der Waals surface area contributed by atoms with E-state index < -0.39 is 5.97 Å². The number of likely N-dealkylation sites (N-methyl/N-ethyl adjacent to an activating group) is 1. The molecular formula is C26H32N4O4. The molecule has 0 saturated carbocycles. The zero-order valence-corrected chi connectivity index (χ0v) is 19.9. The van der Waals surface area contributed by atoms with Gasteiger partial charge in [0.15, 0.2) is 0 Å². The van der Waals surface area contributed by atoms with E-state index in [1.165, 1.54) is 6.07 Å². The van der Waals surface area contributed by atoms with Crippen LogP contribution in [0.25, 0.3) is 22.6 Å². The Bertz CT molecular complexity index is 1190. The third-order valence-corrected chi connectivity index (χ3v) is 5.54. The van der Waals surface area contributed by atoms with E-state index in [0.29, 0.717) is 29.1 Å². The highest BCUT2D eigenvalue weighted by Crippen LogP contribution is 2.36. The number of carboxylic acids is 1. The Morgan fingerprint density at radius 1 is 1.15 bits per heavy atom. The molecule has 0 atom stereocenters. The van der Waals surface area contributed by atoms with Crippen LogP contribution in [0.5, 0.6) is 5.75 Å². The summed E-state index contributed by atoms with van der Waals surface area (Å²) in [5, 5.41) is 13.2. The lowest BCUT2D eigenvalue weighted by Gasteiger charge is -2.17. The van der Waals surface area contributed by atoms with Gasteiger partial charge < -0.3 is 30.8 Å². The number of carbonyl (C=O) groups excluding carboxylic acids is 1. The molecule has 0 saturated heterocycles. The summed E-state index contributed by atoms with van der Waals surface area (Å²) in [5.41, 5.74) is 7.83. The van der Waals surface area contributed by atoms with Gasteiger partial charge in [0.2, 0.25) is 0 Å². The van der Waals surface area contributed by atoms with Gasteiger partial charge in [-0.05, 0) is 62.1 Å². The van der Waals surface area contributed by atoms with E-state index in [9.17, 15) is 14.7 Å². The number of rotatable bonds is 8. The summed E-state index contributed by atoms with van der Waals surface area (Å²) in [5.74, 6) is -0.597. The smallest absolute Gasteiger partial charge is 0.336 e. The summed E-state index contributed by atoms with van der Waals surface area (Å²) in [7, 11) is 0. The van der Waals surface area contributed by atoms with Gasteiger partial charge in [-0.25, -0.2) is 4.79 Å². The average Bonchev–Trinajstić information content (AvgIpc) is 3.36. The number of nitrogens with zero attached hydrogens (tertiary/aromatic N) is 1. The molecule has 0 bridgehead atoms. The van der Waals surface area contributed by atoms with Crippen molar-refractivity contribution in [1.29, 1.82) is 0 Å². The maximum Gasteiger partial charge on any atom is 0.336 e. The van der Waals surface area contributed by atoms with Gasteiger partial charge in [-0.2, -0.15) is 0 Å². The number of aromatic carboxylic acids is 1. The van der Waals surface area contributed by atoms with Crippen LogP contribution in [-0.2, 0) is 4.79 Å². The maximum atomic E-state index is 12.5. The highest BCUT2D eigenvalue weighted by atomic mass is 16.5. The molecular weight excluding hydrogens is 432 g/mol. The Balaban J connectivity index is 0.00000103. The van der Waals surface area contributed by atoms with Crippen LogP contribution in [0.3, 0.4) is 0 Å². The van der Waals surface area contributed by atoms with Crippen LogP contribution in [0.2, 0.25) is 0 Å².